The molecule has 3 fully saturated rings. The lowest BCUT2D eigenvalue weighted by atomic mass is 9.84. The molecule has 4 aliphatic rings. The molecule has 2 aliphatic carbocycles. The second kappa shape index (κ2) is 15.8. The number of benzene rings is 1. The van der Waals surface area contributed by atoms with Gasteiger partial charge in [-0.2, -0.15) is 4.98 Å². The number of alkyl halides is 2. The van der Waals surface area contributed by atoms with Crippen LogP contribution in [-0.4, -0.2) is 105 Å². The number of halogens is 2. The summed E-state index contributed by atoms with van der Waals surface area (Å²) in [5, 5.41) is 14.8. The van der Waals surface area contributed by atoms with Crippen molar-refractivity contribution >= 4 is 44.6 Å². The first kappa shape index (κ1) is 44.0. The van der Waals surface area contributed by atoms with Crippen molar-refractivity contribution in [2.24, 2.45) is 17.8 Å². The second-order valence-electron chi connectivity index (χ2n) is 18.2. The Labute approximate surface area is 344 Å². The van der Waals surface area contributed by atoms with Crippen molar-refractivity contribution < 1.29 is 51.0 Å². The summed E-state index contributed by atoms with van der Waals surface area (Å²) in [5.41, 5.74) is -4.04. The Morgan fingerprint density at radius 2 is 1.80 bits per heavy atom. The maximum atomic E-state index is 15.4. The molecule has 6 rings (SSSR count). The van der Waals surface area contributed by atoms with Gasteiger partial charge in [0, 0.05) is 30.7 Å². The van der Waals surface area contributed by atoms with Gasteiger partial charge in [0.2, 0.25) is 33.6 Å². The molecule has 0 unspecified atom stereocenters. The molecule has 1 aromatic carbocycles. The maximum absolute atomic E-state index is 15.4. The van der Waals surface area contributed by atoms with Crippen LogP contribution in [0.15, 0.2) is 42.5 Å². The number of rotatable bonds is 10. The molecular formula is C42H57F2N5O9S. The number of allylic oxidation sites excluding steroid dienone is 1. The van der Waals surface area contributed by atoms with Crippen molar-refractivity contribution in [3.05, 3.63) is 42.5 Å². The third-order valence-electron chi connectivity index (χ3n) is 12.7. The van der Waals surface area contributed by atoms with E-state index in [9.17, 15) is 27.9 Å². The second-order valence-corrected chi connectivity index (χ2v) is 20.4. The highest BCUT2D eigenvalue weighted by Gasteiger charge is 2.63. The van der Waals surface area contributed by atoms with Crippen molar-refractivity contribution in [3.8, 4) is 11.8 Å². The first-order valence-corrected chi connectivity index (χ1v) is 21.9. The zero-order chi connectivity index (χ0) is 43.5. The summed E-state index contributed by atoms with van der Waals surface area (Å²) >= 11 is 0. The van der Waals surface area contributed by atoms with E-state index in [1.54, 1.807) is 38.1 Å². The molecule has 324 valence electrons. The molecule has 3 heterocycles. The molecule has 0 spiro atoms. The number of nitrogens with one attached hydrogen (secondary N) is 2. The average Bonchev–Trinajstić information content (AvgIpc) is 4.01. The van der Waals surface area contributed by atoms with Crippen LogP contribution >= 0.6 is 0 Å². The number of aromatic nitrogens is 1. The van der Waals surface area contributed by atoms with Crippen LogP contribution in [0.5, 0.6) is 11.8 Å². The monoisotopic (exact) mass is 845 g/mol. The summed E-state index contributed by atoms with van der Waals surface area (Å²) < 4.78 is 70.8. The lowest BCUT2D eigenvalue weighted by Crippen LogP contribution is -2.66. The zero-order valence-corrected chi connectivity index (χ0v) is 35.8. The molecule has 2 aliphatic heterocycles. The highest BCUT2D eigenvalue weighted by atomic mass is 32.2. The van der Waals surface area contributed by atoms with Crippen molar-refractivity contribution in [2.45, 2.75) is 146 Å². The molecule has 0 radical (unpaired) electrons. The van der Waals surface area contributed by atoms with Crippen LogP contribution < -0.4 is 19.5 Å². The summed E-state index contributed by atoms with van der Waals surface area (Å²) in [6, 6.07) is 5.97. The van der Waals surface area contributed by atoms with Crippen molar-refractivity contribution in [1.82, 2.24) is 24.8 Å². The highest BCUT2D eigenvalue weighted by molar-refractivity contribution is 7.91. The number of carbonyl (C=O) groups is 4. The van der Waals surface area contributed by atoms with Crippen LogP contribution in [0, 0.1) is 17.8 Å². The lowest BCUT2D eigenvalue weighted by Gasteiger charge is -2.47. The van der Waals surface area contributed by atoms with Gasteiger partial charge in [0.25, 0.3) is 11.8 Å². The Hall–Kier alpha value is -4.54. The fraction of sp³-hybridized carbons (Fsp3) is 0.643. The van der Waals surface area contributed by atoms with E-state index in [1.165, 1.54) is 0 Å². The SMILES string of the molecule is CC(C)Oc1cc2ccccc2c(O[C@@H]2C[C@H]3C(=O)N[C@]4(C(=O)NS(=O)(=O)C5(C)CC5)C[C@H]4/C=C\CC[C@H](C)C[C@@H](C)[C@H](N(C(=O)O)C(C)(C)C(C)(F)F)C(=O)N3C2)n1. The number of pyridine rings is 1. The predicted molar refractivity (Wildman–Crippen MR) is 215 cm³/mol. The Kier molecular flexibility index (Phi) is 11.8. The van der Waals surface area contributed by atoms with Gasteiger partial charge in [-0.05, 0) is 96.4 Å². The number of carboxylic acid groups (broad SMARTS) is 1. The van der Waals surface area contributed by atoms with E-state index < -0.39 is 85.6 Å². The summed E-state index contributed by atoms with van der Waals surface area (Å²) in [6.45, 7) is 11.3. The number of hydrogen-bond acceptors (Lipinski definition) is 9. The summed E-state index contributed by atoms with van der Waals surface area (Å²) in [5.74, 6) is -7.21. The molecule has 17 heteroatoms. The fourth-order valence-electron chi connectivity index (χ4n) is 8.35. The minimum Gasteiger partial charge on any atom is -0.475 e. The summed E-state index contributed by atoms with van der Waals surface area (Å²) in [4.78, 5) is 63.3. The number of carbonyl (C=O) groups excluding carboxylic acids is 3. The molecule has 1 saturated heterocycles. The Bertz CT molecular complexity index is 2120. The van der Waals surface area contributed by atoms with E-state index in [0.717, 1.165) is 24.1 Å². The van der Waals surface area contributed by atoms with E-state index in [4.69, 9.17) is 9.47 Å². The Morgan fingerprint density at radius 3 is 2.42 bits per heavy atom. The van der Waals surface area contributed by atoms with Gasteiger partial charge in [-0.15, -0.1) is 0 Å². The molecule has 2 aromatic rings. The van der Waals surface area contributed by atoms with Gasteiger partial charge in [-0.1, -0.05) is 44.2 Å². The third-order valence-corrected chi connectivity index (χ3v) is 14.8. The van der Waals surface area contributed by atoms with Crippen LogP contribution in [0.3, 0.4) is 0 Å². The number of hydrogen-bond donors (Lipinski definition) is 3. The summed E-state index contributed by atoms with van der Waals surface area (Å²) in [6.07, 6.45) is 2.83. The fourth-order valence-corrected chi connectivity index (χ4v) is 9.66. The first-order chi connectivity index (χ1) is 27.4. The predicted octanol–water partition coefficient (Wildman–Crippen LogP) is 6.04. The van der Waals surface area contributed by atoms with Gasteiger partial charge in [-0.3, -0.25) is 24.0 Å². The van der Waals surface area contributed by atoms with E-state index >= 15 is 13.6 Å². The largest absolute Gasteiger partial charge is 0.475 e. The van der Waals surface area contributed by atoms with Crippen molar-refractivity contribution in [3.63, 3.8) is 0 Å². The lowest BCUT2D eigenvalue weighted by molar-refractivity contribution is -0.156. The number of sulfonamides is 1. The maximum Gasteiger partial charge on any atom is 0.408 e. The van der Waals surface area contributed by atoms with Crippen LogP contribution in [0.1, 0.15) is 100 Å². The first-order valence-electron chi connectivity index (χ1n) is 20.4. The van der Waals surface area contributed by atoms with Crippen LogP contribution in [0.4, 0.5) is 13.6 Å². The minimum atomic E-state index is -4.09. The van der Waals surface area contributed by atoms with Crippen LogP contribution in [-0.2, 0) is 24.4 Å². The van der Waals surface area contributed by atoms with E-state index in [1.807, 2.05) is 39.0 Å². The summed E-state index contributed by atoms with van der Waals surface area (Å²) in [7, 11) is -4.09. The number of fused-ring (bicyclic) bond motifs is 3. The third kappa shape index (κ3) is 8.71. The van der Waals surface area contributed by atoms with Crippen LogP contribution in [0.25, 0.3) is 10.8 Å². The van der Waals surface area contributed by atoms with Crippen molar-refractivity contribution in [1.29, 1.82) is 0 Å². The van der Waals surface area contributed by atoms with Gasteiger partial charge in [0.1, 0.15) is 29.3 Å². The van der Waals surface area contributed by atoms with Gasteiger partial charge >= 0.3 is 6.09 Å². The van der Waals surface area contributed by atoms with Gasteiger partial charge in [0.15, 0.2) is 0 Å². The molecule has 7 atom stereocenters. The van der Waals surface area contributed by atoms with E-state index in [0.29, 0.717) is 42.9 Å². The average molecular weight is 846 g/mol. The smallest absolute Gasteiger partial charge is 0.408 e. The molecule has 0 bridgehead atoms. The van der Waals surface area contributed by atoms with Gasteiger partial charge in [0.05, 0.1) is 17.4 Å². The van der Waals surface area contributed by atoms with Crippen LogP contribution in [0.2, 0.25) is 0 Å². The van der Waals surface area contributed by atoms with E-state index in [2.05, 4.69) is 15.0 Å². The normalized spacial score (nSPS) is 29.3. The molecule has 14 nitrogen and oxygen atoms in total. The van der Waals surface area contributed by atoms with Gasteiger partial charge in [-0.25, -0.2) is 22.0 Å². The number of ether oxygens (including phenoxy) is 2. The topological polar surface area (TPSA) is 185 Å². The molecule has 4 amide bonds. The number of amides is 4. The molecule has 1 aromatic heterocycles. The quantitative estimate of drug-likeness (QED) is 0.239. The van der Waals surface area contributed by atoms with Gasteiger partial charge < -0.3 is 24.8 Å². The zero-order valence-electron chi connectivity index (χ0n) is 35.0. The standard InChI is InChI=1S/C42H57F2N5O9S/c1-24(2)57-32-20-27-14-10-12-16-30(27)35(45-32)58-29-21-31-34(50)46-42(37(52)47-59(55,56)40(7)17-18-40)22-28(42)15-11-9-13-25(3)19-26(4)33(36(51)48(31)23-29)49(38(53)54)39(5,6)41(8,43)44/h10-12,14-16,20,24-26,28-29,31,33H,9,13,17-19,21-23H2,1-8H3,(H,46,50)(H,47,52)(H,53,54)/b15-11-/t25-,26+,28+,29+,31-,33-,42+/m0/s1. The van der Waals surface area contributed by atoms with Crippen molar-refractivity contribution in [2.75, 3.05) is 6.54 Å². The van der Waals surface area contributed by atoms with E-state index in [-0.39, 0.29) is 49.6 Å². The molecular weight excluding hydrogens is 789 g/mol. The molecule has 3 N–H and O–H groups in total. The Morgan fingerprint density at radius 1 is 1.12 bits per heavy atom. The minimum absolute atomic E-state index is 0.0915. The highest BCUT2D eigenvalue weighted by Crippen LogP contribution is 2.48. The number of nitrogens with zero attached hydrogens (tertiary/aromatic N) is 3. The molecule has 59 heavy (non-hydrogen) atoms. The molecule has 2 saturated carbocycles. The Balaban J connectivity index is 1.44.